The molecule has 1 rings (SSSR count). The van der Waals surface area contributed by atoms with Crippen molar-refractivity contribution in [2.45, 2.75) is 25.6 Å². The summed E-state index contributed by atoms with van der Waals surface area (Å²) in [7, 11) is 0. The van der Waals surface area contributed by atoms with Gasteiger partial charge >= 0.3 is 5.69 Å². The minimum atomic E-state index is -0.438. The van der Waals surface area contributed by atoms with Crippen LogP contribution in [0.5, 0.6) is 5.75 Å². The third-order valence-electron chi connectivity index (χ3n) is 2.70. The van der Waals surface area contributed by atoms with Gasteiger partial charge in [-0.15, -0.1) is 0 Å². The Kier molecular flexibility index (Phi) is 7.54. The Morgan fingerprint density at radius 1 is 1.30 bits per heavy atom. The summed E-state index contributed by atoms with van der Waals surface area (Å²) < 4.78 is 10.9. The molecule has 0 aliphatic rings. The van der Waals surface area contributed by atoms with Gasteiger partial charge in [-0.25, -0.2) is 0 Å². The molecule has 0 bridgehead atoms. The number of alkyl halides is 1. The lowest BCUT2D eigenvalue weighted by molar-refractivity contribution is -0.385. The highest BCUT2D eigenvalue weighted by Crippen LogP contribution is 2.28. The summed E-state index contributed by atoms with van der Waals surface area (Å²) in [4.78, 5) is 10.5. The van der Waals surface area contributed by atoms with Crippen molar-refractivity contribution >= 4 is 21.6 Å². The molecular formula is C14H20BrNO4. The predicted octanol–water partition coefficient (Wildman–Crippen LogP) is 3.93. The number of nitrogens with zero attached hydrogens (tertiary/aromatic N) is 1. The van der Waals surface area contributed by atoms with E-state index in [0.717, 1.165) is 12.0 Å². The zero-order chi connectivity index (χ0) is 15.0. The zero-order valence-corrected chi connectivity index (χ0v) is 13.4. The van der Waals surface area contributed by atoms with Gasteiger partial charge in [0.05, 0.1) is 11.5 Å². The molecule has 6 heteroatoms. The first-order valence-corrected chi connectivity index (χ1v) is 7.70. The van der Waals surface area contributed by atoms with Crippen molar-refractivity contribution in [3.63, 3.8) is 0 Å². The van der Waals surface area contributed by atoms with Crippen molar-refractivity contribution in [1.82, 2.24) is 0 Å². The molecular weight excluding hydrogens is 326 g/mol. The number of nitro benzene ring substituents is 1. The molecule has 0 aromatic heterocycles. The Morgan fingerprint density at radius 3 is 2.65 bits per heavy atom. The molecule has 0 spiro atoms. The van der Waals surface area contributed by atoms with E-state index < -0.39 is 4.92 Å². The van der Waals surface area contributed by atoms with E-state index in [4.69, 9.17) is 9.47 Å². The molecule has 1 aromatic carbocycles. The lowest BCUT2D eigenvalue weighted by atomic mass is 10.1. The second-order valence-electron chi connectivity index (χ2n) is 4.84. The van der Waals surface area contributed by atoms with Crippen LogP contribution < -0.4 is 4.74 Å². The number of hydrogen-bond donors (Lipinski definition) is 0. The Bertz CT molecular complexity index is 437. The van der Waals surface area contributed by atoms with Crippen molar-refractivity contribution in [3.05, 3.63) is 33.9 Å². The number of nitro groups is 1. The maximum atomic E-state index is 10.9. The van der Waals surface area contributed by atoms with E-state index in [1.54, 1.807) is 12.1 Å². The van der Waals surface area contributed by atoms with Crippen molar-refractivity contribution in [3.8, 4) is 5.75 Å². The Morgan fingerprint density at radius 2 is 2.05 bits per heavy atom. The molecule has 0 heterocycles. The molecule has 0 atom stereocenters. The SMILES string of the molecule is CC(C)CCOCCOc1cc(CBr)ccc1[N+](=O)[O-]. The van der Waals surface area contributed by atoms with Crippen LogP contribution >= 0.6 is 15.9 Å². The largest absolute Gasteiger partial charge is 0.484 e. The van der Waals surface area contributed by atoms with Gasteiger partial charge in [-0.3, -0.25) is 10.1 Å². The Labute approximate surface area is 127 Å². The van der Waals surface area contributed by atoms with E-state index in [2.05, 4.69) is 29.8 Å². The van der Waals surface area contributed by atoms with Crippen molar-refractivity contribution in [1.29, 1.82) is 0 Å². The van der Waals surface area contributed by atoms with Crippen LogP contribution in [-0.2, 0) is 10.1 Å². The molecule has 0 N–H and O–H groups in total. The summed E-state index contributed by atoms with van der Waals surface area (Å²) in [5.41, 5.74) is 0.920. The summed E-state index contributed by atoms with van der Waals surface area (Å²) in [5.74, 6) is 0.895. The highest BCUT2D eigenvalue weighted by molar-refractivity contribution is 9.08. The minimum Gasteiger partial charge on any atom is -0.484 e. The van der Waals surface area contributed by atoms with Gasteiger partial charge in [0, 0.05) is 18.0 Å². The molecule has 112 valence electrons. The molecule has 1 aromatic rings. The molecule has 0 fully saturated rings. The van der Waals surface area contributed by atoms with E-state index >= 15 is 0 Å². The summed E-state index contributed by atoms with van der Waals surface area (Å²) in [6, 6.07) is 4.85. The molecule has 0 amide bonds. The quantitative estimate of drug-likeness (QED) is 0.294. The summed E-state index contributed by atoms with van der Waals surface area (Å²) >= 11 is 3.32. The molecule has 5 nitrogen and oxygen atoms in total. The van der Waals surface area contributed by atoms with Gasteiger partial charge in [-0.2, -0.15) is 0 Å². The average Bonchev–Trinajstić information content (AvgIpc) is 2.41. The van der Waals surface area contributed by atoms with E-state index in [1.807, 2.05) is 0 Å². The second kappa shape index (κ2) is 8.92. The van der Waals surface area contributed by atoms with Gasteiger partial charge < -0.3 is 9.47 Å². The zero-order valence-electron chi connectivity index (χ0n) is 11.8. The van der Waals surface area contributed by atoms with E-state index in [9.17, 15) is 10.1 Å². The summed E-state index contributed by atoms with van der Waals surface area (Å²) in [6.07, 6.45) is 0.999. The topological polar surface area (TPSA) is 61.6 Å². The third kappa shape index (κ3) is 5.88. The molecule has 0 saturated carbocycles. The summed E-state index contributed by atoms with van der Waals surface area (Å²) in [5, 5.41) is 11.5. The second-order valence-corrected chi connectivity index (χ2v) is 5.40. The number of hydrogen-bond acceptors (Lipinski definition) is 4. The number of benzene rings is 1. The molecule has 20 heavy (non-hydrogen) atoms. The predicted molar refractivity (Wildman–Crippen MR) is 81.5 cm³/mol. The van der Waals surface area contributed by atoms with Gasteiger partial charge in [0.2, 0.25) is 0 Å². The first kappa shape index (κ1) is 16.9. The maximum absolute atomic E-state index is 10.9. The fourth-order valence-corrected chi connectivity index (χ4v) is 1.89. The summed E-state index contributed by atoms with van der Waals surface area (Å²) in [6.45, 7) is 5.70. The van der Waals surface area contributed by atoms with Crippen LogP contribution in [0.3, 0.4) is 0 Å². The smallest absolute Gasteiger partial charge is 0.310 e. The van der Waals surface area contributed by atoms with E-state index in [1.165, 1.54) is 6.07 Å². The van der Waals surface area contributed by atoms with Crippen LogP contribution in [0.1, 0.15) is 25.8 Å². The van der Waals surface area contributed by atoms with Crippen molar-refractivity contribution < 1.29 is 14.4 Å². The molecule has 0 unspecified atom stereocenters. The van der Waals surface area contributed by atoms with Gasteiger partial charge in [0.15, 0.2) is 5.75 Å². The fraction of sp³-hybridized carbons (Fsp3) is 0.571. The highest BCUT2D eigenvalue weighted by atomic mass is 79.9. The molecule has 0 saturated heterocycles. The van der Waals surface area contributed by atoms with E-state index in [-0.39, 0.29) is 5.69 Å². The Hall–Kier alpha value is -1.14. The number of ether oxygens (including phenoxy) is 2. The third-order valence-corrected chi connectivity index (χ3v) is 3.35. The van der Waals surface area contributed by atoms with Crippen LogP contribution in [0.15, 0.2) is 18.2 Å². The molecule has 0 aliphatic carbocycles. The Balaban J connectivity index is 2.47. The lowest BCUT2D eigenvalue weighted by Crippen LogP contribution is -2.09. The van der Waals surface area contributed by atoms with Gasteiger partial charge in [-0.1, -0.05) is 35.8 Å². The maximum Gasteiger partial charge on any atom is 0.310 e. The first-order chi connectivity index (χ1) is 9.54. The average molecular weight is 346 g/mol. The number of rotatable bonds is 9. The normalized spacial score (nSPS) is 10.8. The fourth-order valence-electron chi connectivity index (χ4n) is 1.54. The van der Waals surface area contributed by atoms with Crippen LogP contribution in [0.2, 0.25) is 0 Å². The van der Waals surface area contributed by atoms with E-state index in [0.29, 0.717) is 36.8 Å². The first-order valence-electron chi connectivity index (χ1n) is 6.58. The van der Waals surface area contributed by atoms with Gasteiger partial charge in [0.1, 0.15) is 6.61 Å². The van der Waals surface area contributed by atoms with Crippen LogP contribution in [0.25, 0.3) is 0 Å². The molecule has 0 radical (unpaired) electrons. The minimum absolute atomic E-state index is 0.0168. The van der Waals surface area contributed by atoms with Gasteiger partial charge in [-0.05, 0) is 24.0 Å². The molecule has 0 aliphatic heterocycles. The standard InChI is InChI=1S/C14H20BrNO4/c1-11(2)5-6-19-7-8-20-14-9-12(10-15)3-4-13(14)16(17)18/h3-4,9,11H,5-8,10H2,1-2H3. The van der Waals surface area contributed by atoms with Crippen LogP contribution in [0, 0.1) is 16.0 Å². The van der Waals surface area contributed by atoms with Gasteiger partial charge in [0.25, 0.3) is 0 Å². The van der Waals surface area contributed by atoms with Crippen LogP contribution in [0.4, 0.5) is 5.69 Å². The lowest BCUT2D eigenvalue weighted by Gasteiger charge is -2.09. The monoisotopic (exact) mass is 345 g/mol. The highest BCUT2D eigenvalue weighted by Gasteiger charge is 2.15. The van der Waals surface area contributed by atoms with Crippen molar-refractivity contribution in [2.24, 2.45) is 5.92 Å². The van der Waals surface area contributed by atoms with Crippen LogP contribution in [-0.4, -0.2) is 24.7 Å². The van der Waals surface area contributed by atoms with Crippen molar-refractivity contribution in [2.75, 3.05) is 19.8 Å². The number of halogens is 1.